The van der Waals surface area contributed by atoms with Gasteiger partial charge in [0.2, 0.25) is 10.0 Å². The maximum absolute atomic E-state index is 13.9. The Bertz CT molecular complexity index is 899. The molecule has 1 aliphatic heterocycles. The quantitative estimate of drug-likeness (QED) is 0.916. The summed E-state index contributed by atoms with van der Waals surface area (Å²) in [7, 11) is -3.42. The number of halogens is 1. The minimum absolute atomic E-state index is 0.0702. The van der Waals surface area contributed by atoms with Gasteiger partial charge in [0.15, 0.2) is 6.61 Å². The Morgan fingerprint density at radius 2 is 2.00 bits per heavy atom. The lowest BCUT2D eigenvalue weighted by Crippen LogP contribution is -2.38. The topological polar surface area (TPSA) is 75.7 Å². The fraction of sp³-hybridized carbons (Fsp3) is 0.188. The van der Waals surface area contributed by atoms with Crippen molar-refractivity contribution >= 4 is 27.3 Å². The van der Waals surface area contributed by atoms with Crippen LogP contribution in [0.3, 0.4) is 0 Å². The zero-order valence-electron chi connectivity index (χ0n) is 12.8. The number of benzene rings is 2. The molecule has 1 N–H and O–H groups in total. The summed E-state index contributed by atoms with van der Waals surface area (Å²) in [5, 5.41) is 0. The molecule has 2 aromatic carbocycles. The molecule has 1 aliphatic rings. The van der Waals surface area contributed by atoms with Crippen molar-refractivity contribution in [3.05, 3.63) is 53.8 Å². The summed E-state index contributed by atoms with van der Waals surface area (Å²) in [6.07, 6.45) is 1.04. The van der Waals surface area contributed by atoms with Crippen molar-refractivity contribution in [1.82, 2.24) is 0 Å². The van der Waals surface area contributed by atoms with Crippen LogP contribution in [-0.4, -0.2) is 27.2 Å². The first-order chi connectivity index (χ1) is 11.3. The minimum Gasteiger partial charge on any atom is -0.481 e. The molecule has 1 amide bonds. The smallest absolute Gasteiger partial charge is 0.265 e. The number of nitrogens with zero attached hydrogens (tertiary/aromatic N) is 1. The maximum atomic E-state index is 13.9. The second-order valence-electron chi connectivity index (χ2n) is 5.42. The number of carbonyl (C=O) groups excluding carboxylic acids is 1. The normalized spacial score (nSPS) is 14.1. The van der Waals surface area contributed by atoms with Gasteiger partial charge in [0.05, 0.1) is 24.2 Å². The van der Waals surface area contributed by atoms with Gasteiger partial charge in [-0.25, -0.2) is 12.8 Å². The average Bonchev–Trinajstić information content (AvgIpc) is 2.50. The third-order valence-electron chi connectivity index (χ3n) is 3.49. The van der Waals surface area contributed by atoms with E-state index in [4.69, 9.17) is 4.74 Å². The lowest BCUT2D eigenvalue weighted by molar-refractivity contribution is -0.121. The Kier molecular flexibility index (Phi) is 4.15. The zero-order valence-corrected chi connectivity index (χ0v) is 13.6. The van der Waals surface area contributed by atoms with Crippen LogP contribution < -0.4 is 14.4 Å². The largest absolute Gasteiger partial charge is 0.481 e. The highest BCUT2D eigenvalue weighted by atomic mass is 32.2. The molecular weight excluding hydrogens is 335 g/mol. The van der Waals surface area contributed by atoms with E-state index in [0.717, 1.165) is 6.26 Å². The number of sulfonamides is 1. The van der Waals surface area contributed by atoms with Gasteiger partial charge in [-0.2, -0.15) is 0 Å². The highest BCUT2D eigenvalue weighted by Crippen LogP contribution is 2.35. The number of fused-ring (bicyclic) bond motifs is 1. The molecule has 2 aromatic rings. The van der Waals surface area contributed by atoms with Crippen LogP contribution in [0.2, 0.25) is 0 Å². The second-order valence-corrected chi connectivity index (χ2v) is 7.17. The van der Waals surface area contributed by atoms with Crippen LogP contribution in [0.1, 0.15) is 5.56 Å². The average molecular weight is 350 g/mol. The molecule has 0 saturated carbocycles. The van der Waals surface area contributed by atoms with E-state index < -0.39 is 15.8 Å². The van der Waals surface area contributed by atoms with Crippen LogP contribution in [0.25, 0.3) is 0 Å². The first-order valence-corrected chi connectivity index (χ1v) is 9.01. The summed E-state index contributed by atoms with van der Waals surface area (Å²) < 4.78 is 44.2. The second kappa shape index (κ2) is 6.12. The van der Waals surface area contributed by atoms with E-state index in [-0.39, 0.29) is 19.1 Å². The van der Waals surface area contributed by atoms with Gasteiger partial charge in [0.1, 0.15) is 11.6 Å². The molecule has 0 unspecified atom stereocenters. The van der Waals surface area contributed by atoms with Crippen LogP contribution in [-0.2, 0) is 21.4 Å². The molecule has 0 aliphatic carbocycles. The molecule has 6 nitrogen and oxygen atoms in total. The fourth-order valence-corrected chi connectivity index (χ4v) is 3.01. The summed E-state index contributed by atoms with van der Waals surface area (Å²) in [6, 6.07) is 10.8. The van der Waals surface area contributed by atoms with Crippen molar-refractivity contribution in [2.24, 2.45) is 0 Å². The van der Waals surface area contributed by atoms with Crippen molar-refractivity contribution in [3.63, 3.8) is 0 Å². The van der Waals surface area contributed by atoms with Gasteiger partial charge in [-0.1, -0.05) is 18.2 Å². The van der Waals surface area contributed by atoms with Crippen molar-refractivity contribution < 1.29 is 22.3 Å². The van der Waals surface area contributed by atoms with E-state index in [1.807, 2.05) is 0 Å². The number of ether oxygens (including phenoxy) is 1. The molecule has 0 spiro atoms. The first kappa shape index (κ1) is 16.3. The van der Waals surface area contributed by atoms with E-state index >= 15 is 0 Å². The molecule has 0 radical (unpaired) electrons. The fourth-order valence-electron chi connectivity index (χ4n) is 2.45. The summed E-state index contributed by atoms with van der Waals surface area (Å²) in [6.45, 7) is -0.121. The first-order valence-electron chi connectivity index (χ1n) is 7.12. The van der Waals surface area contributed by atoms with E-state index in [2.05, 4.69) is 4.72 Å². The molecule has 8 heteroatoms. The summed E-state index contributed by atoms with van der Waals surface area (Å²) >= 11 is 0. The van der Waals surface area contributed by atoms with Crippen molar-refractivity contribution in [3.8, 4) is 5.75 Å². The van der Waals surface area contributed by atoms with Crippen molar-refractivity contribution in [2.45, 2.75) is 6.54 Å². The lowest BCUT2D eigenvalue weighted by Gasteiger charge is -2.30. The van der Waals surface area contributed by atoms with E-state index in [9.17, 15) is 17.6 Å². The third kappa shape index (κ3) is 3.48. The molecule has 126 valence electrons. The number of hydrogen-bond donors (Lipinski definition) is 1. The molecule has 1 heterocycles. The number of hydrogen-bond acceptors (Lipinski definition) is 4. The number of carbonyl (C=O) groups is 1. The van der Waals surface area contributed by atoms with Gasteiger partial charge in [-0.15, -0.1) is 0 Å². The minimum atomic E-state index is -3.42. The summed E-state index contributed by atoms with van der Waals surface area (Å²) in [5.41, 5.74) is 1.18. The maximum Gasteiger partial charge on any atom is 0.265 e. The predicted molar refractivity (Wildman–Crippen MR) is 88.0 cm³/mol. The highest BCUT2D eigenvalue weighted by molar-refractivity contribution is 7.92. The Labute approximate surface area is 138 Å². The number of amides is 1. The van der Waals surface area contributed by atoms with Crippen LogP contribution in [0.5, 0.6) is 5.75 Å². The van der Waals surface area contributed by atoms with Crippen LogP contribution in [0, 0.1) is 5.82 Å². The SMILES string of the molecule is CS(=O)(=O)Nc1ccc2c(c1)OCC(=O)N2Cc1ccccc1F. The molecule has 0 fully saturated rings. The highest BCUT2D eigenvalue weighted by Gasteiger charge is 2.26. The Morgan fingerprint density at radius 3 is 2.71 bits per heavy atom. The molecule has 0 atom stereocenters. The van der Waals surface area contributed by atoms with Crippen LogP contribution in [0.15, 0.2) is 42.5 Å². The standard InChI is InChI=1S/C16H15FN2O4S/c1-24(21,22)18-12-6-7-14-15(8-12)23-10-16(20)19(14)9-11-4-2-3-5-13(11)17/h2-8,18H,9-10H2,1H3. The number of anilines is 2. The van der Waals surface area contributed by atoms with Gasteiger partial charge in [-0.05, 0) is 18.2 Å². The van der Waals surface area contributed by atoms with Gasteiger partial charge in [-0.3, -0.25) is 9.52 Å². The Hall–Kier alpha value is -2.61. The Morgan fingerprint density at radius 1 is 1.25 bits per heavy atom. The van der Waals surface area contributed by atoms with E-state index in [1.54, 1.807) is 24.3 Å². The Balaban J connectivity index is 1.93. The molecule has 24 heavy (non-hydrogen) atoms. The van der Waals surface area contributed by atoms with Gasteiger partial charge >= 0.3 is 0 Å². The number of rotatable bonds is 4. The van der Waals surface area contributed by atoms with Crippen molar-refractivity contribution in [2.75, 3.05) is 22.5 Å². The van der Waals surface area contributed by atoms with Crippen molar-refractivity contribution in [1.29, 1.82) is 0 Å². The monoisotopic (exact) mass is 350 g/mol. The molecule has 0 saturated heterocycles. The molecule has 3 rings (SSSR count). The summed E-state index contributed by atoms with van der Waals surface area (Å²) in [5.74, 6) is -0.331. The lowest BCUT2D eigenvalue weighted by atomic mass is 10.1. The predicted octanol–water partition coefficient (Wildman–Crippen LogP) is 2.12. The summed E-state index contributed by atoms with van der Waals surface area (Å²) in [4.78, 5) is 13.6. The van der Waals surface area contributed by atoms with Crippen LogP contribution in [0.4, 0.5) is 15.8 Å². The van der Waals surface area contributed by atoms with Crippen LogP contribution >= 0.6 is 0 Å². The van der Waals surface area contributed by atoms with E-state index in [1.165, 1.54) is 23.1 Å². The molecule has 0 bridgehead atoms. The van der Waals surface area contributed by atoms with Gasteiger partial charge < -0.3 is 9.64 Å². The molecule has 0 aromatic heterocycles. The van der Waals surface area contributed by atoms with E-state index in [0.29, 0.717) is 22.7 Å². The molecular formula is C16H15FN2O4S. The third-order valence-corrected chi connectivity index (χ3v) is 4.10. The number of nitrogens with one attached hydrogen (secondary N) is 1. The van der Waals surface area contributed by atoms with Gasteiger partial charge in [0, 0.05) is 11.6 Å². The van der Waals surface area contributed by atoms with Gasteiger partial charge in [0.25, 0.3) is 5.91 Å². The zero-order chi connectivity index (χ0) is 17.3.